The van der Waals surface area contributed by atoms with E-state index in [1.165, 1.54) is 6.07 Å². The number of carboxylic acid groups (broad SMARTS) is 1. The average molecular weight is 334 g/mol. The number of carbonyl (C=O) groups is 2. The Balaban J connectivity index is 1.66. The molecule has 2 aromatic heterocycles. The fourth-order valence-electron chi connectivity index (χ4n) is 2.81. The van der Waals surface area contributed by atoms with Crippen LogP contribution >= 0.6 is 0 Å². The Bertz CT molecular complexity index is 1140. The number of fused-ring (bicyclic) bond motifs is 2. The quantitative estimate of drug-likeness (QED) is 0.460. The van der Waals surface area contributed by atoms with Crippen molar-refractivity contribution < 1.29 is 14.7 Å². The lowest BCUT2D eigenvalue weighted by molar-refractivity contribution is 0.0698. The van der Waals surface area contributed by atoms with Crippen LogP contribution in [0.3, 0.4) is 0 Å². The van der Waals surface area contributed by atoms with E-state index in [9.17, 15) is 14.7 Å². The minimum Gasteiger partial charge on any atom is -0.478 e. The van der Waals surface area contributed by atoms with Crippen LogP contribution in [0.15, 0.2) is 42.5 Å². The van der Waals surface area contributed by atoms with Crippen molar-refractivity contribution in [3.63, 3.8) is 0 Å². The van der Waals surface area contributed by atoms with E-state index in [-0.39, 0.29) is 17.4 Å². The number of nitrogens with zero attached hydrogens (tertiary/aromatic N) is 1. The lowest BCUT2D eigenvalue weighted by atomic mass is 10.2. The van der Waals surface area contributed by atoms with Crippen LogP contribution in [0, 0.1) is 6.92 Å². The molecule has 0 unspecified atom stereocenters. The smallest absolute Gasteiger partial charge is 0.337 e. The second kappa shape index (κ2) is 5.48. The number of carbonyl (C=O) groups excluding carboxylic acids is 1. The maximum Gasteiger partial charge on any atom is 0.337 e. The molecule has 1 amide bonds. The Kier molecular flexibility index (Phi) is 3.28. The monoisotopic (exact) mass is 334 g/mol. The summed E-state index contributed by atoms with van der Waals surface area (Å²) in [4.78, 5) is 33.9. The fourth-order valence-corrected chi connectivity index (χ4v) is 2.81. The molecule has 2 aromatic carbocycles. The van der Waals surface area contributed by atoms with E-state index < -0.39 is 5.97 Å². The fraction of sp³-hybridized carbons (Fsp3) is 0.0556. The average Bonchev–Trinajstić information content (AvgIpc) is 3.16. The molecule has 0 aliphatic rings. The highest BCUT2D eigenvalue weighted by molar-refractivity contribution is 6.06. The van der Waals surface area contributed by atoms with Crippen molar-refractivity contribution in [2.24, 2.45) is 0 Å². The van der Waals surface area contributed by atoms with Crippen molar-refractivity contribution in [1.82, 2.24) is 15.0 Å². The second-order valence-corrected chi connectivity index (χ2v) is 5.82. The highest BCUT2D eigenvalue weighted by atomic mass is 16.4. The van der Waals surface area contributed by atoms with Crippen LogP contribution < -0.4 is 5.32 Å². The number of para-hydroxylation sites is 1. The van der Waals surface area contributed by atoms with Gasteiger partial charge in [0.1, 0.15) is 11.2 Å². The van der Waals surface area contributed by atoms with Crippen molar-refractivity contribution >= 4 is 39.8 Å². The summed E-state index contributed by atoms with van der Waals surface area (Å²) in [5, 5.41) is 12.8. The summed E-state index contributed by atoms with van der Waals surface area (Å²) < 4.78 is 0. The molecule has 7 heteroatoms. The molecule has 0 aliphatic carbocycles. The maximum atomic E-state index is 12.4. The third kappa shape index (κ3) is 2.61. The first kappa shape index (κ1) is 14.9. The Labute approximate surface area is 141 Å². The zero-order valence-electron chi connectivity index (χ0n) is 13.3. The molecule has 0 fully saturated rings. The molecule has 0 aliphatic heterocycles. The Morgan fingerprint density at radius 3 is 2.72 bits per heavy atom. The van der Waals surface area contributed by atoms with Crippen molar-refractivity contribution in [2.45, 2.75) is 6.92 Å². The molecule has 4 aromatic rings. The standard InChI is InChI=1S/C18H14N4O3/c1-9-5-6-12-10(7-9)8-14(19-12)16(23)22-18-20-13-4-2-3-11(17(24)25)15(13)21-18/h2-8,19H,1H3,(H,24,25)(H2,20,21,22,23). The maximum absolute atomic E-state index is 12.4. The zero-order valence-corrected chi connectivity index (χ0v) is 13.3. The van der Waals surface area contributed by atoms with Gasteiger partial charge in [-0.05, 0) is 37.3 Å². The molecular formula is C18H14N4O3. The SMILES string of the molecule is Cc1ccc2[nH]c(C(=O)Nc3nc4c(C(=O)O)cccc4[nH]3)cc2c1. The van der Waals surface area contributed by atoms with Crippen LogP contribution in [0.4, 0.5) is 5.95 Å². The molecule has 0 bridgehead atoms. The van der Waals surface area contributed by atoms with Gasteiger partial charge in [0.05, 0.1) is 11.1 Å². The first-order valence-electron chi connectivity index (χ1n) is 7.64. The minimum absolute atomic E-state index is 0.0790. The summed E-state index contributed by atoms with van der Waals surface area (Å²) in [5.41, 5.74) is 3.31. The molecular weight excluding hydrogens is 320 g/mol. The van der Waals surface area contributed by atoms with E-state index in [1.54, 1.807) is 18.2 Å². The van der Waals surface area contributed by atoms with Crippen molar-refractivity contribution in [3.05, 3.63) is 59.3 Å². The van der Waals surface area contributed by atoms with Crippen LogP contribution in [-0.4, -0.2) is 31.9 Å². The van der Waals surface area contributed by atoms with Crippen molar-refractivity contribution in [3.8, 4) is 0 Å². The summed E-state index contributed by atoms with van der Waals surface area (Å²) in [7, 11) is 0. The summed E-state index contributed by atoms with van der Waals surface area (Å²) in [6.45, 7) is 1.99. The lowest BCUT2D eigenvalue weighted by Gasteiger charge is -1.98. The van der Waals surface area contributed by atoms with E-state index in [2.05, 4.69) is 20.3 Å². The molecule has 0 radical (unpaired) electrons. The van der Waals surface area contributed by atoms with Crippen LogP contribution in [0.25, 0.3) is 21.9 Å². The van der Waals surface area contributed by atoms with E-state index in [1.807, 2.05) is 25.1 Å². The Hall–Kier alpha value is -3.61. The third-order valence-corrected chi connectivity index (χ3v) is 4.00. The molecule has 124 valence electrons. The van der Waals surface area contributed by atoms with Crippen LogP contribution in [0.2, 0.25) is 0 Å². The molecule has 0 spiro atoms. The molecule has 4 rings (SSSR count). The Morgan fingerprint density at radius 1 is 1.08 bits per heavy atom. The van der Waals surface area contributed by atoms with Crippen molar-refractivity contribution in [1.29, 1.82) is 0 Å². The number of benzene rings is 2. The molecule has 4 N–H and O–H groups in total. The molecule has 0 atom stereocenters. The van der Waals surface area contributed by atoms with E-state index in [0.29, 0.717) is 16.7 Å². The second-order valence-electron chi connectivity index (χ2n) is 5.82. The van der Waals surface area contributed by atoms with Crippen LogP contribution in [0.1, 0.15) is 26.4 Å². The number of H-pyrrole nitrogens is 2. The summed E-state index contributed by atoms with van der Waals surface area (Å²) in [6, 6.07) is 12.4. The van der Waals surface area contributed by atoms with Gasteiger partial charge in [-0.25, -0.2) is 9.78 Å². The van der Waals surface area contributed by atoms with Gasteiger partial charge in [-0.2, -0.15) is 0 Å². The molecule has 0 saturated carbocycles. The molecule has 7 nitrogen and oxygen atoms in total. The molecule has 0 saturated heterocycles. The number of aryl methyl sites for hydroxylation is 1. The van der Waals surface area contributed by atoms with Gasteiger partial charge in [0, 0.05) is 10.9 Å². The van der Waals surface area contributed by atoms with Gasteiger partial charge in [0.15, 0.2) is 0 Å². The predicted octanol–water partition coefficient (Wildman–Crippen LogP) is 3.30. The number of nitrogens with one attached hydrogen (secondary N) is 3. The van der Waals surface area contributed by atoms with Gasteiger partial charge in [-0.1, -0.05) is 17.7 Å². The highest BCUT2D eigenvalue weighted by Crippen LogP contribution is 2.20. The minimum atomic E-state index is -1.07. The van der Waals surface area contributed by atoms with Gasteiger partial charge < -0.3 is 15.1 Å². The van der Waals surface area contributed by atoms with Gasteiger partial charge >= 0.3 is 5.97 Å². The van der Waals surface area contributed by atoms with Crippen LogP contribution in [0.5, 0.6) is 0 Å². The van der Waals surface area contributed by atoms with Gasteiger partial charge in [-0.3, -0.25) is 10.1 Å². The van der Waals surface area contributed by atoms with Gasteiger partial charge in [0.25, 0.3) is 5.91 Å². The number of aromatic amines is 2. The molecule has 2 heterocycles. The first-order valence-corrected chi connectivity index (χ1v) is 7.64. The number of aromatic nitrogens is 3. The summed E-state index contributed by atoms with van der Waals surface area (Å²) >= 11 is 0. The van der Waals surface area contributed by atoms with Gasteiger partial charge in [0.2, 0.25) is 5.95 Å². The van der Waals surface area contributed by atoms with E-state index >= 15 is 0 Å². The number of hydrogen-bond acceptors (Lipinski definition) is 3. The highest BCUT2D eigenvalue weighted by Gasteiger charge is 2.15. The number of hydrogen-bond donors (Lipinski definition) is 4. The number of amides is 1. The van der Waals surface area contributed by atoms with E-state index in [4.69, 9.17) is 0 Å². The largest absolute Gasteiger partial charge is 0.478 e. The predicted molar refractivity (Wildman–Crippen MR) is 94.0 cm³/mol. The summed E-state index contributed by atoms with van der Waals surface area (Å²) in [5.74, 6) is -1.23. The zero-order chi connectivity index (χ0) is 17.6. The Morgan fingerprint density at radius 2 is 1.92 bits per heavy atom. The van der Waals surface area contributed by atoms with Crippen molar-refractivity contribution in [2.75, 3.05) is 5.32 Å². The van der Waals surface area contributed by atoms with E-state index in [0.717, 1.165) is 16.5 Å². The summed E-state index contributed by atoms with van der Waals surface area (Å²) in [6.07, 6.45) is 0. The number of carboxylic acids is 1. The van der Waals surface area contributed by atoms with Gasteiger partial charge in [-0.15, -0.1) is 0 Å². The number of imidazole rings is 1. The number of anilines is 1. The number of aromatic carboxylic acids is 1. The normalized spacial score (nSPS) is 11.1. The lowest BCUT2D eigenvalue weighted by Crippen LogP contribution is -2.13. The van der Waals surface area contributed by atoms with Crippen LogP contribution in [-0.2, 0) is 0 Å². The first-order chi connectivity index (χ1) is 12.0. The molecule has 25 heavy (non-hydrogen) atoms. The third-order valence-electron chi connectivity index (χ3n) is 4.00. The number of rotatable bonds is 3. The topological polar surface area (TPSA) is 111 Å².